The summed E-state index contributed by atoms with van der Waals surface area (Å²) in [5.41, 5.74) is 5.57. The van der Waals surface area contributed by atoms with Gasteiger partial charge in [0.1, 0.15) is 0 Å². The normalized spacial score (nSPS) is 13.7. The maximum absolute atomic E-state index is 12.7. The van der Waals surface area contributed by atoms with Crippen LogP contribution in [0.15, 0.2) is 18.2 Å². The van der Waals surface area contributed by atoms with Crippen molar-refractivity contribution in [3.63, 3.8) is 0 Å². The van der Waals surface area contributed by atoms with Gasteiger partial charge in [-0.2, -0.15) is 13.2 Å². The minimum Gasteiger partial charge on any atom is -0.368 e. The molecule has 0 saturated heterocycles. The molecule has 0 spiro atoms. The summed E-state index contributed by atoms with van der Waals surface area (Å²) in [5, 5.41) is 3.54. The van der Waals surface area contributed by atoms with E-state index in [9.17, 15) is 13.2 Å². The molecule has 102 valence electrons. The van der Waals surface area contributed by atoms with Gasteiger partial charge in [0, 0.05) is 11.4 Å². The number of halogens is 3. The minimum absolute atomic E-state index is 0.0380. The molecule has 1 atom stereocenters. The summed E-state index contributed by atoms with van der Waals surface area (Å²) in [7, 11) is 1.74. The van der Waals surface area contributed by atoms with Crippen molar-refractivity contribution in [2.45, 2.75) is 19.1 Å². The number of aromatic nitrogens is 2. The summed E-state index contributed by atoms with van der Waals surface area (Å²) in [4.78, 5) is 7.95. The number of alkyl halides is 3. The van der Waals surface area contributed by atoms with Crippen LogP contribution in [0.3, 0.4) is 0 Å². The third-order valence-corrected chi connectivity index (χ3v) is 2.91. The van der Waals surface area contributed by atoms with Gasteiger partial charge in [-0.25, -0.2) is 9.97 Å². The molecule has 3 N–H and O–H groups in total. The molecule has 19 heavy (non-hydrogen) atoms. The number of fused-ring (bicyclic) bond motifs is 1. The fourth-order valence-electron chi connectivity index (χ4n) is 1.82. The molecule has 0 bridgehead atoms. The van der Waals surface area contributed by atoms with Crippen LogP contribution in [0, 0.1) is 0 Å². The fourth-order valence-corrected chi connectivity index (χ4v) is 1.82. The molecule has 0 aliphatic rings. The lowest BCUT2D eigenvalue weighted by atomic mass is 10.1. The van der Waals surface area contributed by atoms with E-state index in [1.165, 1.54) is 6.07 Å². The lowest BCUT2D eigenvalue weighted by molar-refractivity contribution is -0.137. The van der Waals surface area contributed by atoms with Gasteiger partial charge < -0.3 is 11.1 Å². The van der Waals surface area contributed by atoms with Crippen LogP contribution in [-0.2, 0) is 6.18 Å². The Morgan fingerprint density at radius 1 is 1.26 bits per heavy atom. The molecule has 1 aromatic heterocycles. The zero-order valence-electron chi connectivity index (χ0n) is 10.4. The van der Waals surface area contributed by atoms with Gasteiger partial charge in [0.15, 0.2) is 0 Å². The number of rotatable bonds is 2. The summed E-state index contributed by atoms with van der Waals surface area (Å²) in [6, 6.07) is 3.25. The predicted molar refractivity (Wildman–Crippen MR) is 66.4 cm³/mol. The average Bonchev–Trinajstić information content (AvgIpc) is 2.34. The van der Waals surface area contributed by atoms with Gasteiger partial charge in [0.2, 0.25) is 5.95 Å². The second kappa shape index (κ2) is 4.65. The Morgan fingerprint density at radius 2 is 1.95 bits per heavy atom. The SMILES string of the molecule is CNC(C)c1nc(N)nc2cc(C(F)(F)F)ccc12. The van der Waals surface area contributed by atoms with Crippen LogP contribution in [-0.4, -0.2) is 17.0 Å². The van der Waals surface area contributed by atoms with Gasteiger partial charge in [-0.3, -0.25) is 0 Å². The van der Waals surface area contributed by atoms with Gasteiger partial charge in [0.25, 0.3) is 0 Å². The van der Waals surface area contributed by atoms with Crippen LogP contribution in [0.4, 0.5) is 19.1 Å². The largest absolute Gasteiger partial charge is 0.416 e. The minimum atomic E-state index is -4.40. The third-order valence-electron chi connectivity index (χ3n) is 2.91. The first-order chi connectivity index (χ1) is 8.82. The molecule has 1 unspecified atom stereocenters. The van der Waals surface area contributed by atoms with Crippen molar-refractivity contribution >= 4 is 16.9 Å². The summed E-state index contributed by atoms with van der Waals surface area (Å²) >= 11 is 0. The Morgan fingerprint density at radius 3 is 2.53 bits per heavy atom. The van der Waals surface area contributed by atoms with Crippen molar-refractivity contribution in [2.24, 2.45) is 0 Å². The van der Waals surface area contributed by atoms with Crippen LogP contribution in [0.25, 0.3) is 10.9 Å². The fraction of sp³-hybridized carbons (Fsp3) is 0.333. The standard InChI is InChI=1S/C12H13F3N4/c1-6(17-2)10-8-4-3-7(12(13,14)15)5-9(8)18-11(16)19-10/h3-6,17H,1-2H3,(H2,16,18,19). The Hall–Kier alpha value is -1.89. The zero-order chi connectivity index (χ0) is 14.2. The molecular formula is C12H13F3N4. The number of hydrogen-bond acceptors (Lipinski definition) is 4. The number of nitrogens with two attached hydrogens (primary N) is 1. The lowest BCUT2D eigenvalue weighted by Gasteiger charge is -2.14. The van der Waals surface area contributed by atoms with E-state index in [-0.39, 0.29) is 17.5 Å². The van der Waals surface area contributed by atoms with E-state index in [1.54, 1.807) is 7.05 Å². The highest BCUT2D eigenvalue weighted by Gasteiger charge is 2.31. The molecule has 2 rings (SSSR count). The molecule has 0 saturated carbocycles. The molecular weight excluding hydrogens is 257 g/mol. The summed E-state index contributed by atoms with van der Waals surface area (Å²) in [5.74, 6) is -0.0380. The number of benzene rings is 1. The van der Waals surface area contributed by atoms with Crippen molar-refractivity contribution in [3.05, 3.63) is 29.5 Å². The maximum atomic E-state index is 12.7. The summed E-state index contributed by atoms with van der Waals surface area (Å²) < 4.78 is 38.0. The van der Waals surface area contributed by atoms with E-state index < -0.39 is 11.7 Å². The third kappa shape index (κ3) is 2.60. The van der Waals surface area contributed by atoms with E-state index in [1.807, 2.05) is 6.92 Å². The van der Waals surface area contributed by atoms with Crippen molar-refractivity contribution in [1.29, 1.82) is 0 Å². The Kier molecular flexibility index (Phi) is 3.32. The van der Waals surface area contributed by atoms with E-state index in [2.05, 4.69) is 15.3 Å². The van der Waals surface area contributed by atoms with E-state index in [0.717, 1.165) is 12.1 Å². The summed E-state index contributed by atoms with van der Waals surface area (Å²) in [6.07, 6.45) is -4.40. The van der Waals surface area contributed by atoms with Crippen LogP contribution in [0.2, 0.25) is 0 Å². The number of anilines is 1. The van der Waals surface area contributed by atoms with E-state index in [0.29, 0.717) is 11.1 Å². The van der Waals surface area contributed by atoms with E-state index >= 15 is 0 Å². The molecule has 1 aromatic carbocycles. The average molecular weight is 270 g/mol. The van der Waals surface area contributed by atoms with E-state index in [4.69, 9.17) is 5.73 Å². The van der Waals surface area contributed by atoms with Crippen LogP contribution in [0.5, 0.6) is 0 Å². The molecule has 0 aliphatic carbocycles. The van der Waals surface area contributed by atoms with Gasteiger partial charge in [-0.05, 0) is 26.1 Å². The monoisotopic (exact) mass is 270 g/mol. The van der Waals surface area contributed by atoms with Crippen molar-refractivity contribution < 1.29 is 13.2 Å². The first-order valence-corrected chi connectivity index (χ1v) is 5.64. The number of nitrogens with one attached hydrogen (secondary N) is 1. The molecule has 0 radical (unpaired) electrons. The Balaban J connectivity index is 2.68. The molecule has 0 amide bonds. The van der Waals surface area contributed by atoms with Crippen molar-refractivity contribution in [1.82, 2.24) is 15.3 Å². The number of nitrogens with zero attached hydrogens (tertiary/aromatic N) is 2. The van der Waals surface area contributed by atoms with Gasteiger partial charge in [-0.15, -0.1) is 0 Å². The molecule has 7 heteroatoms. The summed E-state index contributed by atoms with van der Waals surface area (Å²) in [6.45, 7) is 1.85. The maximum Gasteiger partial charge on any atom is 0.416 e. The quantitative estimate of drug-likeness (QED) is 0.880. The van der Waals surface area contributed by atoms with Gasteiger partial charge in [0.05, 0.1) is 16.8 Å². The Bertz CT molecular complexity index is 610. The first-order valence-electron chi connectivity index (χ1n) is 5.64. The number of nitrogen functional groups attached to an aromatic ring is 1. The second-order valence-electron chi connectivity index (χ2n) is 4.21. The lowest BCUT2D eigenvalue weighted by Crippen LogP contribution is -2.16. The van der Waals surface area contributed by atoms with Crippen LogP contribution in [0.1, 0.15) is 24.2 Å². The number of hydrogen-bond donors (Lipinski definition) is 2. The topological polar surface area (TPSA) is 63.8 Å². The van der Waals surface area contributed by atoms with Gasteiger partial charge >= 0.3 is 6.18 Å². The Labute approximate surface area is 107 Å². The molecule has 1 heterocycles. The van der Waals surface area contributed by atoms with Crippen LogP contribution >= 0.6 is 0 Å². The molecule has 0 fully saturated rings. The zero-order valence-corrected chi connectivity index (χ0v) is 10.4. The first kappa shape index (κ1) is 13.5. The molecule has 4 nitrogen and oxygen atoms in total. The van der Waals surface area contributed by atoms with Gasteiger partial charge in [-0.1, -0.05) is 6.07 Å². The highest BCUT2D eigenvalue weighted by molar-refractivity contribution is 5.83. The molecule has 0 aliphatic heterocycles. The van der Waals surface area contributed by atoms with Crippen LogP contribution < -0.4 is 11.1 Å². The highest BCUT2D eigenvalue weighted by atomic mass is 19.4. The van der Waals surface area contributed by atoms with Crippen molar-refractivity contribution in [2.75, 3.05) is 12.8 Å². The molecule has 2 aromatic rings. The highest BCUT2D eigenvalue weighted by Crippen LogP contribution is 2.32. The smallest absolute Gasteiger partial charge is 0.368 e. The second-order valence-corrected chi connectivity index (χ2v) is 4.21. The predicted octanol–water partition coefficient (Wildman–Crippen LogP) is 2.51. The van der Waals surface area contributed by atoms with Crippen molar-refractivity contribution in [3.8, 4) is 0 Å².